The highest BCUT2D eigenvalue weighted by Gasteiger charge is 2.18. The fourth-order valence-corrected chi connectivity index (χ4v) is 2.38. The molecule has 1 aromatic heterocycles. The van der Waals surface area contributed by atoms with E-state index in [9.17, 15) is 18.4 Å². The molecule has 0 atom stereocenters. The molecule has 0 saturated heterocycles. The summed E-state index contributed by atoms with van der Waals surface area (Å²) in [5, 5.41) is 0. The lowest BCUT2D eigenvalue weighted by Gasteiger charge is -2.20. The molecule has 0 saturated carbocycles. The summed E-state index contributed by atoms with van der Waals surface area (Å²) in [4.78, 5) is 23.4. The predicted molar refractivity (Wildman–Crippen MR) is 84.0 cm³/mol. The minimum Gasteiger partial charge on any atom is -0.469 e. The SMILES string of the molecule is COC(=O)CCCN(C)c1c(F)cc(-c2occc2C=O)cc1F. The van der Waals surface area contributed by atoms with Crippen molar-refractivity contribution in [3.63, 3.8) is 0 Å². The predicted octanol–water partition coefficient (Wildman–Crippen LogP) is 3.43. The van der Waals surface area contributed by atoms with Crippen molar-refractivity contribution in [2.45, 2.75) is 12.8 Å². The van der Waals surface area contributed by atoms with Crippen molar-refractivity contribution in [1.29, 1.82) is 0 Å². The zero-order chi connectivity index (χ0) is 17.7. The molecule has 0 amide bonds. The molecule has 0 spiro atoms. The number of anilines is 1. The molecule has 128 valence electrons. The first-order valence-corrected chi connectivity index (χ1v) is 7.28. The van der Waals surface area contributed by atoms with E-state index in [4.69, 9.17) is 4.42 Å². The van der Waals surface area contributed by atoms with Gasteiger partial charge in [-0.2, -0.15) is 0 Å². The van der Waals surface area contributed by atoms with Crippen LogP contribution in [0.15, 0.2) is 28.9 Å². The number of nitrogens with zero attached hydrogens (tertiary/aromatic N) is 1. The molecule has 0 fully saturated rings. The number of hydrogen-bond donors (Lipinski definition) is 0. The highest BCUT2D eigenvalue weighted by Crippen LogP contribution is 2.31. The second-order valence-electron chi connectivity index (χ2n) is 5.21. The number of halogens is 2. The van der Waals surface area contributed by atoms with Gasteiger partial charge in [-0.05, 0) is 24.6 Å². The average Bonchev–Trinajstić information content (AvgIpc) is 3.02. The Balaban J connectivity index is 2.20. The molecule has 0 aliphatic rings. The lowest BCUT2D eigenvalue weighted by molar-refractivity contribution is -0.140. The van der Waals surface area contributed by atoms with Crippen molar-refractivity contribution in [2.75, 3.05) is 25.6 Å². The summed E-state index contributed by atoms with van der Waals surface area (Å²) in [5.41, 5.74) is 0.152. The van der Waals surface area contributed by atoms with Gasteiger partial charge in [-0.15, -0.1) is 0 Å². The van der Waals surface area contributed by atoms with Crippen molar-refractivity contribution < 1.29 is 27.5 Å². The van der Waals surface area contributed by atoms with E-state index in [0.29, 0.717) is 12.7 Å². The highest BCUT2D eigenvalue weighted by molar-refractivity contribution is 5.85. The first kappa shape index (κ1) is 17.7. The maximum absolute atomic E-state index is 14.3. The number of carbonyl (C=O) groups is 2. The summed E-state index contributed by atoms with van der Waals surface area (Å²) in [7, 11) is 2.81. The summed E-state index contributed by atoms with van der Waals surface area (Å²) >= 11 is 0. The van der Waals surface area contributed by atoms with E-state index in [1.807, 2.05) is 0 Å². The molecule has 0 unspecified atom stereocenters. The van der Waals surface area contributed by atoms with Crippen molar-refractivity contribution in [3.8, 4) is 11.3 Å². The summed E-state index contributed by atoms with van der Waals surface area (Å²) in [5.74, 6) is -1.82. The number of benzene rings is 1. The third-order valence-corrected chi connectivity index (χ3v) is 3.59. The first-order chi connectivity index (χ1) is 11.5. The van der Waals surface area contributed by atoms with Crippen LogP contribution >= 0.6 is 0 Å². The Morgan fingerprint density at radius 2 is 2.00 bits per heavy atom. The van der Waals surface area contributed by atoms with Crippen LogP contribution in [-0.4, -0.2) is 33.0 Å². The minimum atomic E-state index is -0.779. The van der Waals surface area contributed by atoms with Gasteiger partial charge < -0.3 is 14.1 Å². The van der Waals surface area contributed by atoms with Crippen molar-refractivity contribution in [3.05, 3.63) is 41.7 Å². The third kappa shape index (κ3) is 3.79. The smallest absolute Gasteiger partial charge is 0.305 e. The molecular formula is C17H17F2NO4. The Labute approximate surface area is 137 Å². The van der Waals surface area contributed by atoms with Crippen LogP contribution in [0.1, 0.15) is 23.2 Å². The van der Waals surface area contributed by atoms with Crippen LogP contribution in [0.4, 0.5) is 14.5 Å². The summed E-state index contributed by atoms with van der Waals surface area (Å²) in [6.07, 6.45) is 2.40. The zero-order valence-corrected chi connectivity index (χ0v) is 13.3. The van der Waals surface area contributed by atoms with E-state index in [2.05, 4.69) is 4.74 Å². The molecule has 24 heavy (non-hydrogen) atoms. The van der Waals surface area contributed by atoms with Gasteiger partial charge in [-0.25, -0.2) is 8.78 Å². The fraction of sp³-hybridized carbons (Fsp3) is 0.294. The van der Waals surface area contributed by atoms with Gasteiger partial charge in [0.05, 0.1) is 18.9 Å². The molecule has 1 aromatic carbocycles. The fourth-order valence-electron chi connectivity index (χ4n) is 2.38. The molecule has 0 bridgehead atoms. The van der Waals surface area contributed by atoms with Gasteiger partial charge in [0.25, 0.3) is 0 Å². The second kappa shape index (κ2) is 7.72. The van der Waals surface area contributed by atoms with Crippen molar-refractivity contribution >= 4 is 17.9 Å². The molecular weight excluding hydrogens is 320 g/mol. The molecule has 7 heteroatoms. The van der Waals surface area contributed by atoms with Crippen LogP contribution in [0.3, 0.4) is 0 Å². The van der Waals surface area contributed by atoms with Gasteiger partial charge in [0.1, 0.15) is 23.1 Å². The average molecular weight is 337 g/mol. The first-order valence-electron chi connectivity index (χ1n) is 7.28. The Morgan fingerprint density at radius 1 is 1.33 bits per heavy atom. The van der Waals surface area contributed by atoms with E-state index in [1.165, 1.54) is 31.4 Å². The molecule has 1 heterocycles. The molecule has 2 rings (SSSR count). The van der Waals surface area contributed by atoms with Gasteiger partial charge in [0.15, 0.2) is 6.29 Å². The number of furan rings is 1. The molecule has 0 N–H and O–H groups in total. The molecule has 0 aliphatic carbocycles. The Kier molecular flexibility index (Phi) is 5.68. The van der Waals surface area contributed by atoms with Crippen LogP contribution < -0.4 is 4.90 Å². The lowest BCUT2D eigenvalue weighted by atomic mass is 10.1. The quantitative estimate of drug-likeness (QED) is 0.572. The minimum absolute atomic E-state index is 0.114. The van der Waals surface area contributed by atoms with Crippen LogP contribution in [0, 0.1) is 11.6 Å². The summed E-state index contributed by atoms with van der Waals surface area (Å²) in [6, 6.07) is 3.65. The summed E-state index contributed by atoms with van der Waals surface area (Å²) < 4.78 is 38.3. The topological polar surface area (TPSA) is 59.8 Å². The zero-order valence-electron chi connectivity index (χ0n) is 13.3. The number of ether oxygens (including phenoxy) is 1. The summed E-state index contributed by atoms with van der Waals surface area (Å²) in [6.45, 7) is 0.280. The Bertz CT molecular complexity index is 719. The largest absolute Gasteiger partial charge is 0.469 e. The maximum atomic E-state index is 14.3. The Hall–Kier alpha value is -2.70. The number of hydrogen-bond acceptors (Lipinski definition) is 5. The number of aldehydes is 1. The van der Waals surface area contributed by atoms with E-state index in [-0.39, 0.29) is 41.5 Å². The lowest BCUT2D eigenvalue weighted by Crippen LogP contribution is -2.22. The number of methoxy groups -OCH3 is 1. The second-order valence-corrected chi connectivity index (χ2v) is 5.21. The van der Waals surface area contributed by atoms with E-state index >= 15 is 0 Å². The van der Waals surface area contributed by atoms with Crippen LogP contribution in [0.25, 0.3) is 11.3 Å². The van der Waals surface area contributed by atoms with E-state index in [1.54, 1.807) is 0 Å². The normalized spacial score (nSPS) is 10.5. The standard InChI is InChI=1S/C17H17F2NO4/c1-20(6-3-4-15(22)23-2)16-13(18)8-12(9-14(16)19)17-11(10-21)5-7-24-17/h5,7-10H,3-4,6H2,1-2H3. The van der Waals surface area contributed by atoms with Gasteiger partial charge >= 0.3 is 5.97 Å². The molecule has 0 aliphatic heterocycles. The molecule has 2 aromatic rings. The third-order valence-electron chi connectivity index (χ3n) is 3.59. The van der Waals surface area contributed by atoms with Gasteiger partial charge in [-0.1, -0.05) is 0 Å². The van der Waals surface area contributed by atoms with Crippen LogP contribution in [-0.2, 0) is 9.53 Å². The van der Waals surface area contributed by atoms with E-state index in [0.717, 1.165) is 12.1 Å². The number of carbonyl (C=O) groups excluding carboxylic acids is 2. The number of esters is 1. The molecule has 0 radical (unpaired) electrons. The van der Waals surface area contributed by atoms with Gasteiger partial charge in [0, 0.05) is 25.6 Å². The van der Waals surface area contributed by atoms with Crippen molar-refractivity contribution in [1.82, 2.24) is 0 Å². The number of rotatable bonds is 7. The van der Waals surface area contributed by atoms with Gasteiger partial charge in [-0.3, -0.25) is 9.59 Å². The van der Waals surface area contributed by atoms with Crippen LogP contribution in [0.2, 0.25) is 0 Å². The highest BCUT2D eigenvalue weighted by atomic mass is 19.1. The van der Waals surface area contributed by atoms with E-state index < -0.39 is 11.6 Å². The van der Waals surface area contributed by atoms with Crippen molar-refractivity contribution in [2.24, 2.45) is 0 Å². The van der Waals surface area contributed by atoms with Crippen LogP contribution in [0.5, 0.6) is 0 Å². The Morgan fingerprint density at radius 3 is 2.58 bits per heavy atom. The van der Waals surface area contributed by atoms with Gasteiger partial charge in [0.2, 0.25) is 0 Å². The maximum Gasteiger partial charge on any atom is 0.305 e. The monoisotopic (exact) mass is 337 g/mol. The molecule has 5 nitrogen and oxygen atoms in total.